The number of carbonyl (C=O) groups excluding carboxylic acids is 1. The lowest BCUT2D eigenvalue weighted by Gasteiger charge is -2.44. The second-order valence-corrected chi connectivity index (χ2v) is 9.83. The zero-order chi connectivity index (χ0) is 25.8. The normalized spacial score (nSPS) is 18.2. The van der Waals surface area contributed by atoms with Crippen molar-refractivity contribution >= 4 is 17.7 Å². The van der Waals surface area contributed by atoms with E-state index in [1.807, 2.05) is 12.1 Å². The molecule has 0 saturated carbocycles. The van der Waals surface area contributed by atoms with Crippen LogP contribution in [-0.4, -0.2) is 40.0 Å². The van der Waals surface area contributed by atoms with Crippen LogP contribution in [0.4, 0.5) is 17.6 Å². The highest BCUT2D eigenvalue weighted by atomic mass is 32.2. The Balaban J connectivity index is 1.74. The standard InChI is InChI=1S/C25H21F4N3O3S/c1-14(25(27,28)29)11-30-13-32(31-10-9-18(33)23(34)22(31)24(30)35)21-16-6-2-3-8-19(16)36-12-15-5-4-7-17(26)20(15)21/h2-10,14,21,34H,11-13H2,1H3/t14-,21+/m0/s1. The third-order valence-electron chi connectivity index (χ3n) is 6.50. The Morgan fingerprint density at radius 1 is 1.11 bits per heavy atom. The van der Waals surface area contributed by atoms with Crippen molar-refractivity contribution in [1.29, 1.82) is 0 Å². The van der Waals surface area contributed by atoms with Gasteiger partial charge in [-0.3, -0.25) is 19.3 Å². The molecule has 11 heteroatoms. The minimum absolute atomic E-state index is 0.317. The minimum atomic E-state index is -4.56. The molecule has 2 aliphatic heterocycles. The molecule has 36 heavy (non-hydrogen) atoms. The highest BCUT2D eigenvalue weighted by Gasteiger charge is 2.43. The summed E-state index contributed by atoms with van der Waals surface area (Å²) >= 11 is 1.50. The smallest absolute Gasteiger partial charge is 0.393 e. The predicted molar refractivity (Wildman–Crippen MR) is 126 cm³/mol. The van der Waals surface area contributed by atoms with Crippen molar-refractivity contribution in [2.75, 3.05) is 18.2 Å². The quantitative estimate of drug-likeness (QED) is 0.511. The van der Waals surface area contributed by atoms with Gasteiger partial charge in [0.25, 0.3) is 5.91 Å². The summed E-state index contributed by atoms with van der Waals surface area (Å²) in [6.07, 6.45) is -3.29. The average molecular weight is 520 g/mol. The Morgan fingerprint density at radius 3 is 2.61 bits per heavy atom. The number of carbonyl (C=O) groups is 1. The molecule has 188 valence electrons. The number of aromatic hydroxyl groups is 1. The fourth-order valence-electron chi connectivity index (χ4n) is 4.64. The fourth-order valence-corrected chi connectivity index (χ4v) is 5.72. The molecule has 0 bridgehead atoms. The van der Waals surface area contributed by atoms with Crippen LogP contribution in [0.15, 0.2) is 64.4 Å². The van der Waals surface area contributed by atoms with Crippen LogP contribution < -0.4 is 10.4 Å². The van der Waals surface area contributed by atoms with E-state index in [9.17, 15) is 27.9 Å². The lowest BCUT2D eigenvalue weighted by atomic mass is 9.93. The second-order valence-electron chi connectivity index (χ2n) is 8.81. The Hall–Kier alpha value is -3.47. The van der Waals surface area contributed by atoms with E-state index in [1.165, 1.54) is 33.7 Å². The monoisotopic (exact) mass is 519 g/mol. The first-order chi connectivity index (χ1) is 17.1. The predicted octanol–water partition coefficient (Wildman–Crippen LogP) is 4.64. The van der Waals surface area contributed by atoms with Crippen molar-refractivity contribution in [3.05, 3.63) is 93.2 Å². The molecule has 2 atom stereocenters. The molecule has 0 spiro atoms. The van der Waals surface area contributed by atoms with Gasteiger partial charge in [-0.1, -0.05) is 37.3 Å². The molecule has 3 aromatic rings. The number of thioether (sulfide) groups is 1. The number of nitrogens with zero attached hydrogens (tertiary/aromatic N) is 3. The van der Waals surface area contributed by atoms with Gasteiger partial charge in [-0.05, 0) is 23.3 Å². The summed E-state index contributed by atoms with van der Waals surface area (Å²) in [5.41, 5.74) is 0.394. The maximum absolute atomic E-state index is 15.4. The third-order valence-corrected chi connectivity index (χ3v) is 7.64. The lowest BCUT2D eigenvalue weighted by Crippen LogP contribution is -2.57. The van der Waals surface area contributed by atoms with Crippen LogP contribution in [0.2, 0.25) is 0 Å². The number of hydrogen-bond donors (Lipinski definition) is 1. The molecule has 1 N–H and O–H groups in total. The Bertz CT molecular complexity index is 1410. The van der Waals surface area contributed by atoms with Gasteiger partial charge >= 0.3 is 6.18 Å². The Kier molecular flexibility index (Phi) is 5.98. The maximum Gasteiger partial charge on any atom is 0.393 e. The zero-order valence-electron chi connectivity index (χ0n) is 19.0. The number of rotatable bonds is 3. The topological polar surface area (TPSA) is 65.8 Å². The van der Waals surface area contributed by atoms with Crippen molar-refractivity contribution in [2.45, 2.75) is 29.8 Å². The summed E-state index contributed by atoms with van der Waals surface area (Å²) in [6.45, 7) is -0.0721. The highest BCUT2D eigenvalue weighted by molar-refractivity contribution is 7.98. The van der Waals surface area contributed by atoms with Crippen LogP contribution in [0, 0.1) is 11.7 Å². The molecule has 2 aliphatic rings. The van der Waals surface area contributed by atoms with Crippen molar-refractivity contribution in [2.24, 2.45) is 5.92 Å². The molecule has 1 aromatic heterocycles. The molecule has 0 unspecified atom stereocenters. The van der Waals surface area contributed by atoms with E-state index in [0.29, 0.717) is 22.4 Å². The van der Waals surface area contributed by atoms with Crippen LogP contribution in [0.5, 0.6) is 5.75 Å². The number of alkyl halides is 3. The summed E-state index contributed by atoms with van der Waals surface area (Å²) in [5, 5.41) is 12.1. The zero-order valence-corrected chi connectivity index (χ0v) is 19.8. The molecule has 0 saturated heterocycles. The van der Waals surface area contributed by atoms with E-state index >= 15 is 4.39 Å². The molecule has 3 heterocycles. The van der Waals surface area contributed by atoms with Crippen molar-refractivity contribution < 1.29 is 27.5 Å². The SMILES string of the molecule is C[C@@H](CN1CN([C@@H]2c3ccccc3SCc3cccc(F)c32)n2ccc(=O)c(O)c2C1=O)C(F)(F)F. The minimum Gasteiger partial charge on any atom is -0.502 e. The van der Waals surface area contributed by atoms with Crippen LogP contribution >= 0.6 is 11.8 Å². The van der Waals surface area contributed by atoms with Gasteiger partial charge in [0.05, 0.1) is 5.92 Å². The number of pyridine rings is 1. The fraction of sp³-hybridized carbons (Fsp3) is 0.280. The maximum atomic E-state index is 15.4. The van der Waals surface area contributed by atoms with Gasteiger partial charge in [-0.15, -0.1) is 11.8 Å². The molecular formula is C25H21F4N3O3S. The number of amides is 1. The van der Waals surface area contributed by atoms with Gasteiger partial charge in [-0.2, -0.15) is 13.2 Å². The highest BCUT2D eigenvalue weighted by Crippen LogP contribution is 2.44. The van der Waals surface area contributed by atoms with E-state index in [-0.39, 0.29) is 6.67 Å². The summed E-state index contributed by atoms with van der Waals surface area (Å²) in [7, 11) is 0. The molecular weight excluding hydrogens is 498 g/mol. The first-order valence-electron chi connectivity index (χ1n) is 11.1. The number of aromatic nitrogens is 1. The number of halogens is 4. The van der Waals surface area contributed by atoms with E-state index in [4.69, 9.17) is 0 Å². The summed E-state index contributed by atoms with van der Waals surface area (Å²) in [5.74, 6) is -3.70. The van der Waals surface area contributed by atoms with Crippen LogP contribution in [0.3, 0.4) is 0 Å². The molecule has 5 rings (SSSR count). The first kappa shape index (κ1) is 24.2. The number of fused-ring (bicyclic) bond motifs is 3. The van der Waals surface area contributed by atoms with Gasteiger partial charge in [0.2, 0.25) is 5.43 Å². The number of hydrogen-bond acceptors (Lipinski definition) is 5. The van der Waals surface area contributed by atoms with Crippen LogP contribution in [-0.2, 0) is 5.75 Å². The third kappa shape index (κ3) is 4.01. The van der Waals surface area contributed by atoms with E-state index in [2.05, 4.69) is 0 Å². The summed E-state index contributed by atoms with van der Waals surface area (Å²) < 4.78 is 56.9. The summed E-state index contributed by atoms with van der Waals surface area (Å²) in [6, 6.07) is 12.2. The van der Waals surface area contributed by atoms with E-state index in [1.54, 1.807) is 24.3 Å². The second kappa shape index (κ2) is 8.88. The molecule has 0 fully saturated rings. The molecule has 0 aliphatic carbocycles. The largest absolute Gasteiger partial charge is 0.502 e. The molecule has 1 amide bonds. The van der Waals surface area contributed by atoms with E-state index in [0.717, 1.165) is 22.8 Å². The van der Waals surface area contributed by atoms with Crippen molar-refractivity contribution in [1.82, 2.24) is 9.58 Å². The Labute approximate surface area is 207 Å². The van der Waals surface area contributed by atoms with Crippen molar-refractivity contribution in [3.8, 4) is 5.75 Å². The first-order valence-corrected chi connectivity index (χ1v) is 12.1. The van der Waals surface area contributed by atoms with E-state index < -0.39 is 53.3 Å². The van der Waals surface area contributed by atoms with Gasteiger partial charge in [0.15, 0.2) is 11.4 Å². The van der Waals surface area contributed by atoms with Gasteiger partial charge in [-0.25, -0.2) is 4.39 Å². The van der Waals surface area contributed by atoms with Crippen molar-refractivity contribution in [3.63, 3.8) is 0 Å². The summed E-state index contributed by atoms with van der Waals surface area (Å²) in [4.78, 5) is 27.2. The lowest BCUT2D eigenvalue weighted by molar-refractivity contribution is -0.172. The average Bonchev–Trinajstić information content (AvgIpc) is 3.00. The van der Waals surface area contributed by atoms with Crippen LogP contribution in [0.1, 0.15) is 40.1 Å². The molecule has 2 aromatic carbocycles. The van der Waals surface area contributed by atoms with Gasteiger partial charge in [0.1, 0.15) is 18.5 Å². The molecule has 0 radical (unpaired) electrons. The van der Waals surface area contributed by atoms with Gasteiger partial charge in [0, 0.05) is 35.0 Å². The Morgan fingerprint density at radius 2 is 1.86 bits per heavy atom. The molecule has 6 nitrogen and oxygen atoms in total. The van der Waals surface area contributed by atoms with Crippen LogP contribution in [0.25, 0.3) is 0 Å². The van der Waals surface area contributed by atoms with Gasteiger partial charge < -0.3 is 10.0 Å². The number of benzene rings is 2.